The van der Waals surface area contributed by atoms with E-state index in [9.17, 15) is 4.79 Å². The van der Waals surface area contributed by atoms with Gasteiger partial charge in [-0.2, -0.15) is 5.10 Å². The van der Waals surface area contributed by atoms with Gasteiger partial charge in [0.1, 0.15) is 5.69 Å². The van der Waals surface area contributed by atoms with Crippen LogP contribution in [0.3, 0.4) is 0 Å². The van der Waals surface area contributed by atoms with Crippen LogP contribution in [0.25, 0.3) is 0 Å². The zero-order valence-electron chi connectivity index (χ0n) is 15.3. The summed E-state index contributed by atoms with van der Waals surface area (Å²) in [7, 11) is 0. The van der Waals surface area contributed by atoms with E-state index in [1.54, 1.807) is 18.3 Å². The molecule has 2 aromatic rings. The van der Waals surface area contributed by atoms with Crippen molar-refractivity contribution < 1.29 is 9.53 Å². The Morgan fingerprint density at radius 3 is 2.62 bits per heavy atom. The van der Waals surface area contributed by atoms with Crippen LogP contribution < -0.4 is 10.1 Å². The molecule has 1 N–H and O–H groups in total. The van der Waals surface area contributed by atoms with Crippen molar-refractivity contribution in [2.75, 3.05) is 11.9 Å². The quantitative estimate of drug-likeness (QED) is 0.905. The van der Waals surface area contributed by atoms with Crippen molar-refractivity contribution in [2.24, 2.45) is 0 Å². The highest BCUT2D eigenvalue weighted by Gasteiger charge is 2.24. The summed E-state index contributed by atoms with van der Waals surface area (Å²) in [5.74, 6) is 0.414. The summed E-state index contributed by atoms with van der Waals surface area (Å²) in [6, 6.07) is 5.37. The minimum Gasteiger partial charge on any atom is -0.476 e. The average Bonchev–Trinajstić information content (AvgIpc) is 2.95. The zero-order valence-corrected chi connectivity index (χ0v) is 15.3. The second kappa shape index (κ2) is 7.03. The number of amides is 1. The number of anilines is 1. The Balaban J connectivity index is 2.31. The second-order valence-electron chi connectivity index (χ2n) is 6.94. The Labute approximate surface area is 143 Å². The van der Waals surface area contributed by atoms with Crippen LogP contribution in [0.2, 0.25) is 0 Å². The summed E-state index contributed by atoms with van der Waals surface area (Å²) in [6.45, 7) is 12.8. The van der Waals surface area contributed by atoms with Crippen molar-refractivity contribution in [2.45, 2.75) is 53.0 Å². The molecule has 0 atom stereocenters. The average molecular weight is 330 g/mol. The number of pyridine rings is 1. The molecule has 2 aromatic heterocycles. The first-order valence-corrected chi connectivity index (χ1v) is 8.23. The molecule has 6 nitrogen and oxygen atoms in total. The summed E-state index contributed by atoms with van der Waals surface area (Å²) in [5, 5.41) is 7.36. The van der Waals surface area contributed by atoms with Gasteiger partial charge in [0.2, 0.25) is 5.88 Å². The van der Waals surface area contributed by atoms with Crippen LogP contribution >= 0.6 is 0 Å². The Hall–Kier alpha value is -2.37. The van der Waals surface area contributed by atoms with Crippen LogP contribution in [0.5, 0.6) is 5.88 Å². The predicted molar refractivity (Wildman–Crippen MR) is 94.7 cm³/mol. The van der Waals surface area contributed by atoms with Crippen molar-refractivity contribution in [1.82, 2.24) is 14.8 Å². The van der Waals surface area contributed by atoms with Gasteiger partial charge in [0, 0.05) is 11.9 Å². The minimum atomic E-state index is -0.270. The molecular formula is C18H26N4O2. The fourth-order valence-electron chi connectivity index (χ4n) is 2.38. The molecule has 0 fully saturated rings. The number of aromatic nitrogens is 3. The SMILES string of the molecule is CCOc1ncccc1NC(=O)c1cc(C(C)C)n(C(C)(C)C)n1. The van der Waals surface area contributed by atoms with Crippen molar-refractivity contribution >= 4 is 11.6 Å². The molecule has 6 heteroatoms. The van der Waals surface area contributed by atoms with Crippen LogP contribution in [0.4, 0.5) is 5.69 Å². The van der Waals surface area contributed by atoms with E-state index in [1.165, 1.54) is 0 Å². The first-order chi connectivity index (χ1) is 11.2. The zero-order chi connectivity index (χ0) is 17.9. The Bertz CT molecular complexity index is 714. The number of carbonyl (C=O) groups is 1. The topological polar surface area (TPSA) is 69.0 Å². The summed E-state index contributed by atoms with van der Waals surface area (Å²) in [4.78, 5) is 16.8. The molecule has 0 aliphatic carbocycles. The second-order valence-corrected chi connectivity index (χ2v) is 6.94. The van der Waals surface area contributed by atoms with Gasteiger partial charge in [-0.15, -0.1) is 0 Å². The van der Waals surface area contributed by atoms with Crippen molar-refractivity contribution in [1.29, 1.82) is 0 Å². The first kappa shape index (κ1) is 18.0. The summed E-state index contributed by atoms with van der Waals surface area (Å²) < 4.78 is 7.36. The smallest absolute Gasteiger partial charge is 0.276 e. The van der Waals surface area contributed by atoms with E-state index in [0.29, 0.717) is 23.9 Å². The lowest BCUT2D eigenvalue weighted by Crippen LogP contribution is -2.26. The largest absolute Gasteiger partial charge is 0.476 e. The molecule has 0 bridgehead atoms. The first-order valence-electron chi connectivity index (χ1n) is 8.23. The molecule has 2 heterocycles. The number of nitrogens with one attached hydrogen (secondary N) is 1. The summed E-state index contributed by atoms with van der Waals surface area (Å²) in [6.07, 6.45) is 1.63. The van der Waals surface area contributed by atoms with E-state index in [2.05, 4.69) is 50.0 Å². The maximum Gasteiger partial charge on any atom is 0.276 e. The molecule has 0 unspecified atom stereocenters. The lowest BCUT2D eigenvalue weighted by atomic mass is 10.1. The van der Waals surface area contributed by atoms with Crippen LogP contribution in [0, 0.1) is 0 Å². The van der Waals surface area contributed by atoms with Gasteiger partial charge in [-0.3, -0.25) is 9.48 Å². The summed E-state index contributed by atoms with van der Waals surface area (Å²) in [5.41, 5.74) is 1.77. The van der Waals surface area contributed by atoms with Gasteiger partial charge in [0.25, 0.3) is 5.91 Å². The Morgan fingerprint density at radius 2 is 2.08 bits per heavy atom. The van der Waals surface area contributed by atoms with Crippen molar-refractivity contribution in [3.05, 3.63) is 35.8 Å². The number of nitrogens with zero attached hydrogens (tertiary/aromatic N) is 3. The highest BCUT2D eigenvalue weighted by molar-refractivity contribution is 6.03. The van der Waals surface area contributed by atoms with Gasteiger partial charge >= 0.3 is 0 Å². The normalized spacial score (nSPS) is 11.6. The Morgan fingerprint density at radius 1 is 1.38 bits per heavy atom. The standard InChI is InChI=1S/C18H26N4O2/c1-7-24-17-13(9-8-10-19-17)20-16(23)14-11-15(12(2)3)22(21-14)18(4,5)6/h8-12H,7H2,1-6H3,(H,20,23). The number of hydrogen-bond donors (Lipinski definition) is 1. The van der Waals surface area contributed by atoms with Gasteiger partial charge < -0.3 is 10.1 Å². The number of rotatable bonds is 5. The highest BCUT2D eigenvalue weighted by Crippen LogP contribution is 2.25. The fraction of sp³-hybridized carbons (Fsp3) is 0.500. The number of carbonyl (C=O) groups excluding carboxylic acids is 1. The highest BCUT2D eigenvalue weighted by atomic mass is 16.5. The maximum absolute atomic E-state index is 12.6. The third kappa shape index (κ3) is 3.93. The molecule has 0 aromatic carbocycles. The van der Waals surface area contributed by atoms with Gasteiger partial charge in [-0.05, 0) is 51.8 Å². The van der Waals surface area contributed by atoms with Crippen LogP contribution in [-0.2, 0) is 5.54 Å². The van der Waals surface area contributed by atoms with Gasteiger partial charge in [-0.25, -0.2) is 4.98 Å². The Kier molecular flexibility index (Phi) is 5.26. The molecular weight excluding hydrogens is 304 g/mol. The molecule has 0 saturated carbocycles. The molecule has 0 aliphatic rings. The van der Waals surface area contributed by atoms with E-state index in [4.69, 9.17) is 4.74 Å². The lowest BCUT2D eigenvalue weighted by Gasteiger charge is -2.23. The molecule has 0 radical (unpaired) electrons. The predicted octanol–water partition coefficient (Wildman–Crippen LogP) is 3.81. The van der Waals surface area contributed by atoms with E-state index in [1.807, 2.05) is 17.7 Å². The van der Waals surface area contributed by atoms with E-state index in [-0.39, 0.29) is 17.4 Å². The molecule has 0 saturated heterocycles. The number of ether oxygens (including phenoxy) is 1. The maximum atomic E-state index is 12.6. The van der Waals surface area contributed by atoms with E-state index in [0.717, 1.165) is 5.69 Å². The van der Waals surface area contributed by atoms with Crippen molar-refractivity contribution in [3.8, 4) is 5.88 Å². The molecule has 0 spiro atoms. The number of hydrogen-bond acceptors (Lipinski definition) is 4. The van der Waals surface area contributed by atoms with E-state index >= 15 is 0 Å². The summed E-state index contributed by atoms with van der Waals surface area (Å²) >= 11 is 0. The molecule has 24 heavy (non-hydrogen) atoms. The molecule has 130 valence electrons. The monoisotopic (exact) mass is 330 g/mol. The van der Waals surface area contributed by atoms with E-state index < -0.39 is 0 Å². The van der Waals surface area contributed by atoms with Crippen LogP contribution in [0.15, 0.2) is 24.4 Å². The van der Waals surface area contributed by atoms with Gasteiger partial charge in [0.15, 0.2) is 5.69 Å². The van der Waals surface area contributed by atoms with Gasteiger partial charge in [0.05, 0.1) is 12.1 Å². The lowest BCUT2D eigenvalue weighted by molar-refractivity contribution is 0.102. The fourth-order valence-corrected chi connectivity index (χ4v) is 2.38. The molecule has 1 amide bonds. The third-order valence-corrected chi connectivity index (χ3v) is 3.50. The molecule has 2 rings (SSSR count). The van der Waals surface area contributed by atoms with Crippen LogP contribution in [-0.4, -0.2) is 27.3 Å². The minimum absolute atomic E-state index is 0.192. The van der Waals surface area contributed by atoms with Crippen LogP contribution in [0.1, 0.15) is 63.6 Å². The molecule has 0 aliphatic heterocycles. The van der Waals surface area contributed by atoms with Crippen molar-refractivity contribution in [3.63, 3.8) is 0 Å². The van der Waals surface area contributed by atoms with Gasteiger partial charge in [-0.1, -0.05) is 13.8 Å². The third-order valence-electron chi connectivity index (χ3n) is 3.50.